The number of thioether (sulfide) groups is 4. The van der Waals surface area contributed by atoms with Crippen molar-refractivity contribution in [2.24, 2.45) is 0 Å². The van der Waals surface area contributed by atoms with Crippen LogP contribution in [0, 0.1) is 0 Å². The summed E-state index contributed by atoms with van der Waals surface area (Å²) in [6.45, 7) is -0.463. The molecule has 2 N–H and O–H groups in total. The van der Waals surface area contributed by atoms with Crippen LogP contribution >= 0.6 is 47.0 Å². The fraction of sp³-hybridized carbons (Fsp3) is 0.757. The van der Waals surface area contributed by atoms with E-state index in [4.69, 9.17) is 10.2 Å². The average molecular weight is 807 g/mol. The zero-order valence-corrected chi connectivity index (χ0v) is 33.8. The summed E-state index contributed by atoms with van der Waals surface area (Å²) >= 11 is 6.79. The summed E-state index contributed by atoms with van der Waals surface area (Å²) in [6, 6.07) is 0. The Morgan fingerprint density at radius 2 is 0.385 bits per heavy atom. The van der Waals surface area contributed by atoms with Crippen molar-refractivity contribution >= 4 is 99.1 Å². The molecule has 0 aliphatic carbocycles. The maximum absolute atomic E-state index is 12.1. The van der Waals surface area contributed by atoms with Gasteiger partial charge in [0.2, 0.25) is 0 Å². The molecule has 0 rings (SSSR count). The van der Waals surface area contributed by atoms with Crippen LogP contribution in [-0.4, -0.2) is 121 Å². The van der Waals surface area contributed by atoms with E-state index in [0.717, 1.165) is 34.5 Å². The molecule has 52 heavy (non-hydrogen) atoms. The molecule has 0 radical (unpaired) electrons. The van der Waals surface area contributed by atoms with Crippen molar-refractivity contribution in [1.82, 2.24) is 0 Å². The lowest BCUT2D eigenvalue weighted by atomic mass is 10.0. The van der Waals surface area contributed by atoms with E-state index in [9.17, 15) is 43.2 Å². The van der Waals surface area contributed by atoms with Crippen molar-refractivity contribution in [3.05, 3.63) is 0 Å². The number of carbonyl (C=O) groups excluding carboxylic acids is 9. The number of rotatable bonds is 40. The van der Waals surface area contributed by atoms with Crippen LogP contribution in [0.4, 0.5) is 0 Å². The molecule has 0 aromatic heterocycles. The molecule has 0 aliphatic heterocycles. The highest BCUT2D eigenvalue weighted by atomic mass is 32.2. The number of carbonyl (C=O) groups is 9. The fourth-order valence-electron chi connectivity index (χ4n) is 4.44. The summed E-state index contributed by atoms with van der Waals surface area (Å²) in [5.74, 6) is 5.86. The van der Waals surface area contributed by atoms with E-state index in [0.29, 0.717) is 37.2 Å². The maximum Gasteiger partial charge on any atom is 0.135 e. The number of Topliss-reactive ketones (excluding diaryl/α,β-unsaturated/α-hetero) is 9. The number of aliphatic hydroxyl groups is 2. The molecule has 0 aromatic carbocycles. The first-order valence-electron chi connectivity index (χ1n) is 18.1. The van der Waals surface area contributed by atoms with Gasteiger partial charge in [-0.15, -0.1) is 0 Å². The maximum atomic E-state index is 12.1. The van der Waals surface area contributed by atoms with Gasteiger partial charge in [0, 0.05) is 175 Å². The molecular weight excluding hydrogens is 749 g/mol. The van der Waals surface area contributed by atoms with E-state index in [-0.39, 0.29) is 155 Å². The van der Waals surface area contributed by atoms with Crippen LogP contribution in [0.25, 0.3) is 0 Å². The molecule has 0 saturated carbocycles. The van der Waals surface area contributed by atoms with E-state index in [1.165, 1.54) is 0 Å². The van der Waals surface area contributed by atoms with Crippen molar-refractivity contribution in [2.45, 2.75) is 116 Å². The van der Waals surface area contributed by atoms with Crippen LogP contribution in [0.15, 0.2) is 0 Å². The van der Waals surface area contributed by atoms with E-state index < -0.39 is 0 Å². The predicted molar refractivity (Wildman–Crippen MR) is 212 cm³/mol. The lowest BCUT2D eigenvalue weighted by Crippen LogP contribution is -2.09. The van der Waals surface area contributed by atoms with Gasteiger partial charge < -0.3 is 10.2 Å². The SMILES string of the molecule is O=C(CCSCCSCCC(=O)CCC(=O)CCC(=O)CCC(=O)CCO)CCSCCSCCC(=O)CCC(=O)CCC(=O)CCC(=O)CCO. The van der Waals surface area contributed by atoms with Crippen LogP contribution < -0.4 is 0 Å². The minimum Gasteiger partial charge on any atom is -0.396 e. The van der Waals surface area contributed by atoms with Crippen LogP contribution in [0.1, 0.15) is 116 Å². The quantitative estimate of drug-likeness (QED) is 0.0781. The monoisotopic (exact) mass is 806 g/mol. The third-order valence-electron chi connectivity index (χ3n) is 7.72. The van der Waals surface area contributed by atoms with Crippen LogP contribution in [0.3, 0.4) is 0 Å². The number of ketones is 9. The Balaban J connectivity index is 3.59. The number of hydrogen-bond donors (Lipinski definition) is 2. The fourth-order valence-corrected chi connectivity index (χ4v) is 8.63. The zero-order valence-electron chi connectivity index (χ0n) is 30.5. The van der Waals surface area contributed by atoms with E-state index in [2.05, 4.69) is 0 Å². The van der Waals surface area contributed by atoms with Gasteiger partial charge in [-0.3, -0.25) is 43.2 Å². The summed E-state index contributed by atoms with van der Waals surface area (Å²) in [6.07, 6.45) is 3.22. The highest BCUT2D eigenvalue weighted by molar-refractivity contribution is 8.03. The summed E-state index contributed by atoms with van der Waals surface area (Å²) in [7, 11) is 0. The van der Waals surface area contributed by atoms with Gasteiger partial charge in [0.1, 0.15) is 52.0 Å². The standard InChI is InChI=1S/C37H58O11S4/c38-19-13-33(44)9-5-29(40)1-3-31(42)7-11-35(46)15-21-49-25-27-51-23-17-37(48)18-24-52-28-26-50-22-16-36(47)12-8-32(43)4-2-30(41)6-10-34(45)14-20-39/h38-39H,1-28H2. The molecule has 0 atom stereocenters. The van der Waals surface area contributed by atoms with Crippen molar-refractivity contribution in [2.75, 3.05) is 59.2 Å². The van der Waals surface area contributed by atoms with Gasteiger partial charge in [0.05, 0.1) is 0 Å². The molecule has 11 nitrogen and oxygen atoms in total. The van der Waals surface area contributed by atoms with Crippen LogP contribution in [0.5, 0.6) is 0 Å². The molecule has 0 amide bonds. The van der Waals surface area contributed by atoms with Gasteiger partial charge in [-0.25, -0.2) is 0 Å². The molecular formula is C37H58O11S4. The molecule has 15 heteroatoms. The molecule has 0 heterocycles. The normalized spacial score (nSPS) is 11.0. The van der Waals surface area contributed by atoms with Gasteiger partial charge in [-0.1, -0.05) is 0 Å². The molecule has 0 unspecified atom stereocenters. The second-order valence-electron chi connectivity index (χ2n) is 12.2. The minimum atomic E-state index is -0.231. The first-order chi connectivity index (χ1) is 25.0. The molecule has 0 bridgehead atoms. The van der Waals surface area contributed by atoms with Crippen LogP contribution in [-0.2, 0) is 43.2 Å². The molecule has 0 saturated heterocycles. The molecule has 0 aromatic rings. The first kappa shape index (κ1) is 50.4. The summed E-state index contributed by atoms with van der Waals surface area (Å²) in [5.41, 5.74) is 0. The van der Waals surface area contributed by atoms with Gasteiger partial charge in [-0.05, 0) is 0 Å². The Morgan fingerprint density at radius 1 is 0.231 bits per heavy atom. The third-order valence-corrected chi connectivity index (χ3v) is 12.2. The summed E-state index contributed by atoms with van der Waals surface area (Å²) < 4.78 is 0. The Morgan fingerprint density at radius 3 is 0.577 bits per heavy atom. The van der Waals surface area contributed by atoms with Crippen LogP contribution in [0.2, 0.25) is 0 Å². The van der Waals surface area contributed by atoms with Gasteiger partial charge in [0.15, 0.2) is 0 Å². The first-order valence-corrected chi connectivity index (χ1v) is 22.8. The Labute approximate surface area is 325 Å². The number of hydrogen-bond acceptors (Lipinski definition) is 15. The van der Waals surface area contributed by atoms with E-state index >= 15 is 0 Å². The second kappa shape index (κ2) is 35.1. The Hall–Kier alpha value is -1.65. The highest BCUT2D eigenvalue weighted by Crippen LogP contribution is 2.14. The van der Waals surface area contributed by atoms with E-state index in [1.54, 1.807) is 47.0 Å². The van der Waals surface area contributed by atoms with Crippen molar-refractivity contribution in [3.8, 4) is 0 Å². The largest absolute Gasteiger partial charge is 0.396 e. The lowest BCUT2D eigenvalue weighted by Gasteiger charge is -2.04. The average Bonchev–Trinajstić information content (AvgIpc) is 3.11. The van der Waals surface area contributed by atoms with Gasteiger partial charge in [-0.2, -0.15) is 47.0 Å². The lowest BCUT2D eigenvalue weighted by molar-refractivity contribution is -0.127. The number of aliphatic hydroxyl groups excluding tert-OH is 2. The summed E-state index contributed by atoms with van der Waals surface area (Å²) in [5, 5.41) is 17.4. The van der Waals surface area contributed by atoms with Crippen molar-refractivity contribution < 1.29 is 53.4 Å². The minimum absolute atomic E-state index is 0.0276. The highest BCUT2D eigenvalue weighted by Gasteiger charge is 2.13. The second-order valence-corrected chi connectivity index (χ2v) is 17.1. The smallest absolute Gasteiger partial charge is 0.135 e. The topological polar surface area (TPSA) is 194 Å². The van der Waals surface area contributed by atoms with Gasteiger partial charge in [0.25, 0.3) is 0 Å². The Bertz CT molecular complexity index is 1040. The molecule has 296 valence electrons. The van der Waals surface area contributed by atoms with E-state index in [1.807, 2.05) is 0 Å². The third kappa shape index (κ3) is 34.1. The summed E-state index contributed by atoms with van der Waals surface area (Å²) in [4.78, 5) is 107. The molecule has 0 spiro atoms. The Kier molecular flexibility index (Phi) is 34.0. The molecule has 0 fully saturated rings. The molecule has 0 aliphatic rings. The van der Waals surface area contributed by atoms with Gasteiger partial charge >= 0.3 is 0 Å². The zero-order chi connectivity index (χ0) is 38.8. The predicted octanol–water partition coefficient (Wildman–Crippen LogP) is 5.05. The van der Waals surface area contributed by atoms with Crippen molar-refractivity contribution in [1.29, 1.82) is 0 Å². The van der Waals surface area contributed by atoms with Crippen molar-refractivity contribution in [3.63, 3.8) is 0 Å².